The summed E-state index contributed by atoms with van der Waals surface area (Å²) in [6, 6.07) is 7.39. The molecule has 35 heavy (non-hydrogen) atoms. The smallest absolute Gasteiger partial charge is 0.406 e. The highest BCUT2D eigenvalue weighted by molar-refractivity contribution is 6.29. The first-order valence-corrected chi connectivity index (χ1v) is 10.8. The Morgan fingerprint density at radius 1 is 1.20 bits per heavy atom. The van der Waals surface area contributed by atoms with Crippen molar-refractivity contribution in [3.05, 3.63) is 65.3 Å². The van der Waals surface area contributed by atoms with Crippen LogP contribution in [0.3, 0.4) is 0 Å². The van der Waals surface area contributed by atoms with Gasteiger partial charge in [0.2, 0.25) is 0 Å². The SMILES string of the molecule is O=C(Nc1ccc(OC(F)(F)F)cc1)c1cnc(N2CC[C@H](CO)C2)c(-c2cnc(Cl)c(F)c2)c1. The Bertz CT molecular complexity index is 1220. The number of hydrogen-bond acceptors (Lipinski definition) is 6. The molecule has 1 saturated heterocycles. The first-order valence-electron chi connectivity index (χ1n) is 10.5. The van der Waals surface area contributed by atoms with Gasteiger partial charge < -0.3 is 20.1 Å². The topological polar surface area (TPSA) is 87.6 Å². The third-order valence-electron chi connectivity index (χ3n) is 5.43. The Morgan fingerprint density at radius 2 is 1.94 bits per heavy atom. The number of alkyl halides is 3. The summed E-state index contributed by atoms with van der Waals surface area (Å²) >= 11 is 5.72. The van der Waals surface area contributed by atoms with Crippen LogP contribution < -0.4 is 15.0 Å². The van der Waals surface area contributed by atoms with E-state index in [2.05, 4.69) is 20.0 Å². The first-order chi connectivity index (χ1) is 16.6. The molecule has 1 fully saturated rings. The number of aliphatic hydroxyl groups is 1. The number of aliphatic hydroxyl groups excluding tert-OH is 1. The van der Waals surface area contributed by atoms with Crippen molar-refractivity contribution in [1.29, 1.82) is 0 Å². The first kappa shape index (κ1) is 24.7. The van der Waals surface area contributed by atoms with Crippen molar-refractivity contribution in [2.24, 2.45) is 5.92 Å². The van der Waals surface area contributed by atoms with Crippen LogP contribution in [0.1, 0.15) is 16.8 Å². The minimum atomic E-state index is -4.82. The zero-order valence-corrected chi connectivity index (χ0v) is 18.8. The zero-order chi connectivity index (χ0) is 25.2. The molecule has 184 valence electrons. The van der Waals surface area contributed by atoms with Gasteiger partial charge in [-0.05, 0) is 42.8 Å². The second-order valence-corrected chi connectivity index (χ2v) is 8.26. The van der Waals surface area contributed by atoms with Gasteiger partial charge in [0.15, 0.2) is 11.0 Å². The number of hydrogen-bond donors (Lipinski definition) is 2. The number of aromatic nitrogens is 2. The highest BCUT2D eigenvalue weighted by Gasteiger charge is 2.31. The van der Waals surface area contributed by atoms with Gasteiger partial charge in [0, 0.05) is 54.8 Å². The van der Waals surface area contributed by atoms with E-state index in [4.69, 9.17) is 11.6 Å². The molecule has 7 nitrogen and oxygen atoms in total. The van der Waals surface area contributed by atoms with E-state index in [1.54, 1.807) is 0 Å². The highest BCUT2D eigenvalue weighted by Crippen LogP contribution is 2.34. The van der Waals surface area contributed by atoms with E-state index in [-0.39, 0.29) is 28.9 Å². The lowest BCUT2D eigenvalue weighted by Gasteiger charge is -2.21. The minimum Gasteiger partial charge on any atom is -0.406 e. The Morgan fingerprint density at radius 3 is 2.57 bits per heavy atom. The van der Waals surface area contributed by atoms with Crippen LogP contribution in [0.2, 0.25) is 5.15 Å². The Hall–Kier alpha value is -3.44. The Labute approximate surface area is 202 Å². The number of halogens is 5. The van der Waals surface area contributed by atoms with Gasteiger partial charge in [0.1, 0.15) is 11.6 Å². The van der Waals surface area contributed by atoms with Crippen molar-refractivity contribution in [2.75, 3.05) is 29.9 Å². The third-order valence-corrected chi connectivity index (χ3v) is 5.70. The monoisotopic (exact) mass is 510 g/mol. The molecule has 0 bridgehead atoms. The highest BCUT2D eigenvalue weighted by atomic mass is 35.5. The molecule has 2 N–H and O–H groups in total. The van der Waals surface area contributed by atoms with Gasteiger partial charge in [-0.25, -0.2) is 14.4 Å². The number of anilines is 2. The molecule has 1 aliphatic heterocycles. The molecule has 1 aliphatic rings. The maximum absolute atomic E-state index is 14.2. The average Bonchev–Trinajstić information content (AvgIpc) is 3.30. The molecular weight excluding hydrogens is 492 g/mol. The van der Waals surface area contributed by atoms with Crippen LogP contribution >= 0.6 is 11.6 Å². The second-order valence-electron chi connectivity index (χ2n) is 7.90. The van der Waals surface area contributed by atoms with E-state index in [0.29, 0.717) is 30.0 Å². The zero-order valence-electron chi connectivity index (χ0n) is 18.0. The maximum Gasteiger partial charge on any atom is 0.573 e. The van der Waals surface area contributed by atoms with Gasteiger partial charge in [0.25, 0.3) is 5.91 Å². The van der Waals surface area contributed by atoms with Crippen LogP contribution in [-0.4, -0.2) is 47.0 Å². The van der Waals surface area contributed by atoms with E-state index in [1.165, 1.54) is 36.7 Å². The number of carbonyl (C=O) groups excluding carboxylic acids is 1. The molecule has 0 radical (unpaired) electrons. The van der Waals surface area contributed by atoms with Crippen LogP contribution in [0.4, 0.5) is 29.1 Å². The van der Waals surface area contributed by atoms with Gasteiger partial charge in [-0.1, -0.05) is 11.6 Å². The molecule has 0 aliphatic carbocycles. The molecule has 1 atom stereocenters. The molecule has 1 aromatic carbocycles. The molecule has 1 amide bonds. The molecule has 0 spiro atoms. The summed E-state index contributed by atoms with van der Waals surface area (Å²) in [5, 5.41) is 11.8. The number of carbonyl (C=O) groups is 1. The molecule has 12 heteroatoms. The predicted molar refractivity (Wildman–Crippen MR) is 121 cm³/mol. The summed E-state index contributed by atoms with van der Waals surface area (Å²) in [7, 11) is 0. The van der Waals surface area contributed by atoms with Gasteiger partial charge in [-0.15, -0.1) is 13.2 Å². The molecular formula is C23H19ClF4N4O3. The number of nitrogens with zero attached hydrogens (tertiary/aromatic N) is 3. The number of rotatable bonds is 6. The van der Waals surface area contributed by atoms with Crippen molar-refractivity contribution < 1.29 is 32.2 Å². The van der Waals surface area contributed by atoms with Crippen molar-refractivity contribution in [3.8, 4) is 16.9 Å². The average molecular weight is 511 g/mol. The van der Waals surface area contributed by atoms with Crippen molar-refractivity contribution in [3.63, 3.8) is 0 Å². The Balaban J connectivity index is 1.61. The van der Waals surface area contributed by atoms with Crippen molar-refractivity contribution >= 4 is 29.0 Å². The van der Waals surface area contributed by atoms with Crippen LogP contribution in [0.5, 0.6) is 5.75 Å². The lowest BCUT2D eigenvalue weighted by molar-refractivity contribution is -0.274. The molecule has 4 rings (SSSR count). The lowest BCUT2D eigenvalue weighted by atomic mass is 10.1. The van der Waals surface area contributed by atoms with E-state index in [0.717, 1.165) is 18.6 Å². The van der Waals surface area contributed by atoms with Crippen LogP contribution in [0, 0.1) is 11.7 Å². The van der Waals surface area contributed by atoms with Crippen LogP contribution in [-0.2, 0) is 0 Å². The number of benzene rings is 1. The van der Waals surface area contributed by atoms with E-state index in [1.807, 2.05) is 4.90 Å². The van der Waals surface area contributed by atoms with Crippen molar-refractivity contribution in [1.82, 2.24) is 9.97 Å². The quantitative estimate of drug-likeness (QED) is 0.362. The van der Waals surface area contributed by atoms with E-state index < -0.39 is 23.8 Å². The molecule has 2 aromatic heterocycles. The van der Waals surface area contributed by atoms with E-state index in [9.17, 15) is 27.5 Å². The second kappa shape index (κ2) is 10.0. The fraction of sp³-hybridized carbons (Fsp3) is 0.261. The standard InChI is InChI=1S/C23H19ClF4N4O3/c24-20-19(25)8-14(9-29-20)18-7-15(10-30-21(18)32-6-5-13(11-32)12-33)22(34)31-16-1-3-17(4-2-16)35-23(26,27)28/h1-4,7-10,13,33H,5-6,11-12H2,(H,31,34)/t13-/m0/s1. The van der Waals surface area contributed by atoms with Gasteiger partial charge in [0.05, 0.1) is 5.56 Å². The Kier molecular flexibility index (Phi) is 7.08. The third kappa shape index (κ3) is 5.98. The largest absolute Gasteiger partial charge is 0.573 e. The number of pyridine rings is 2. The number of amides is 1. The molecule has 3 aromatic rings. The normalized spacial score (nSPS) is 15.8. The summed E-state index contributed by atoms with van der Waals surface area (Å²) in [5.74, 6) is -1.17. The van der Waals surface area contributed by atoms with Crippen LogP contribution in [0.25, 0.3) is 11.1 Å². The molecule has 3 heterocycles. The number of nitrogens with one attached hydrogen (secondary N) is 1. The van der Waals surface area contributed by atoms with Gasteiger partial charge in [-0.2, -0.15) is 0 Å². The summed E-state index contributed by atoms with van der Waals surface area (Å²) in [6.07, 6.45) is -1.36. The fourth-order valence-electron chi connectivity index (χ4n) is 3.73. The minimum absolute atomic E-state index is 0.0241. The number of ether oxygens (including phenoxy) is 1. The van der Waals surface area contributed by atoms with E-state index >= 15 is 0 Å². The maximum atomic E-state index is 14.2. The summed E-state index contributed by atoms with van der Waals surface area (Å²) in [4.78, 5) is 23.0. The lowest BCUT2D eigenvalue weighted by Crippen LogP contribution is -2.23. The summed E-state index contributed by atoms with van der Waals surface area (Å²) in [5.41, 5.74) is 1.16. The summed E-state index contributed by atoms with van der Waals surface area (Å²) in [6.45, 7) is 1.18. The predicted octanol–water partition coefficient (Wildman–Crippen LogP) is 4.91. The van der Waals surface area contributed by atoms with Gasteiger partial charge >= 0.3 is 6.36 Å². The van der Waals surface area contributed by atoms with Crippen molar-refractivity contribution in [2.45, 2.75) is 12.8 Å². The van der Waals surface area contributed by atoms with Crippen LogP contribution in [0.15, 0.2) is 48.8 Å². The summed E-state index contributed by atoms with van der Waals surface area (Å²) < 4.78 is 55.0. The van der Waals surface area contributed by atoms with Gasteiger partial charge in [-0.3, -0.25) is 4.79 Å². The molecule has 0 saturated carbocycles. The molecule has 0 unspecified atom stereocenters. The fourth-order valence-corrected chi connectivity index (χ4v) is 3.84.